The maximum absolute atomic E-state index is 12.2. The Hall–Kier alpha value is -3.58. The number of ether oxygens (including phenoxy) is 3. The summed E-state index contributed by atoms with van der Waals surface area (Å²) >= 11 is 0.951. The largest absolute Gasteiger partial charge is 0.497 e. The van der Waals surface area contributed by atoms with E-state index in [1.165, 1.54) is 0 Å². The van der Waals surface area contributed by atoms with Crippen LogP contribution in [0.5, 0.6) is 17.2 Å². The number of methoxy groups -OCH3 is 1. The van der Waals surface area contributed by atoms with Crippen LogP contribution < -0.4 is 19.1 Å². The number of para-hydroxylation sites is 1. The van der Waals surface area contributed by atoms with Crippen molar-refractivity contribution in [2.75, 3.05) is 13.7 Å². The van der Waals surface area contributed by atoms with E-state index in [4.69, 9.17) is 18.6 Å². The summed E-state index contributed by atoms with van der Waals surface area (Å²) in [7, 11) is 1.59. The number of carbonyl (C=O) groups is 1. The number of rotatable bonds is 6. The molecule has 0 N–H and O–H groups in total. The van der Waals surface area contributed by atoms with Crippen LogP contribution >= 0.6 is 11.3 Å². The van der Waals surface area contributed by atoms with E-state index in [0.717, 1.165) is 16.9 Å². The molecule has 0 bridgehead atoms. The summed E-state index contributed by atoms with van der Waals surface area (Å²) in [4.78, 5) is 23.6. The zero-order valence-corrected chi connectivity index (χ0v) is 16.2. The molecule has 0 amide bonds. The van der Waals surface area contributed by atoms with Crippen molar-refractivity contribution in [2.24, 2.45) is 0 Å². The fraction of sp³-hybridized carbons (Fsp3) is 0.0909. The molecule has 4 aromatic rings. The molecule has 1 heterocycles. The van der Waals surface area contributed by atoms with Gasteiger partial charge in [-0.2, -0.15) is 0 Å². The van der Waals surface area contributed by atoms with E-state index in [0.29, 0.717) is 33.1 Å². The molecule has 0 radical (unpaired) electrons. The predicted molar refractivity (Wildman–Crippen MR) is 110 cm³/mol. The fourth-order valence-electron chi connectivity index (χ4n) is 2.82. The lowest BCUT2D eigenvalue weighted by atomic mass is 10.0. The quantitative estimate of drug-likeness (QED) is 0.345. The van der Waals surface area contributed by atoms with E-state index in [2.05, 4.69) is 0 Å². The summed E-state index contributed by atoms with van der Waals surface area (Å²) in [5.74, 6) is 1.04. The SMILES string of the molecule is COc1ccc(-c2cc(OC(=O)COc3ccccc3)cc3sc(=O)oc23)cc1. The fourth-order valence-corrected chi connectivity index (χ4v) is 3.54. The van der Waals surface area contributed by atoms with E-state index in [-0.39, 0.29) is 6.61 Å². The normalized spacial score (nSPS) is 10.7. The molecule has 0 aliphatic carbocycles. The van der Waals surface area contributed by atoms with Gasteiger partial charge in [0.05, 0.1) is 11.8 Å². The second-order valence-corrected chi connectivity index (χ2v) is 7.03. The van der Waals surface area contributed by atoms with Crippen molar-refractivity contribution in [1.82, 2.24) is 0 Å². The highest BCUT2D eigenvalue weighted by Gasteiger charge is 2.15. The van der Waals surface area contributed by atoms with Gasteiger partial charge in [-0.3, -0.25) is 0 Å². The maximum atomic E-state index is 12.2. The molecule has 0 fully saturated rings. The molecule has 0 unspecified atom stereocenters. The Morgan fingerprint density at radius 1 is 0.966 bits per heavy atom. The highest BCUT2D eigenvalue weighted by molar-refractivity contribution is 7.16. The van der Waals surface area contributed by atoms with Gasteiger partial charge in [0, 0.05) is 11.6 Å². The van der Waals surface area contributed by atoms with Gasteiger partial charge < -0.3 is 18.6 Å². The lowest BCUT2D eigenvalue weighted by Crippen LogP contribution is -2.17. The predicted octanol–water partition coefficient (Wildman–Crippen LogP) is 4.51. The molecule has 0 aliphatic heterocycles. The molecular formula is C22H16O6S. The Kier molecular flexibility index (Phi) is 5.31. The van der Waals surface area contributed by atoms with Crippen LogP contribution in [0.25, 0.3) is 21.4 Å². The lowest BCUT2D eigenvalue weighted by molar-refractivity contribution is -0.136. The van der Waals surface area contributed by atoms with Gasteiger partial charge in [-0.25, -0.2) is 9.59 Å². The second-order valence-electron chi connectivity index (χ2n) is 6.06. The summed E-state index contributed by atoms with van der Waals surface area (Å²) in [6, 6.07) is 19.6. The number of hydrogen-bond acceptors (Lipinski definition) is 7. The standard InChI is InChI=1S/C22H16O6S/c1-25-15-9-7-14(8-10-15)18-11-17(12-19-21(18)28-22(24)29-19)27-20(23)13-26-16-5-3-2-4-6-16/h2-12H,13H2,1H3. The van der Waals surface area contributed by atoms with E-state index < -0.39 is 10.9 Å². The molecule has 29 heavy (non-hydrogen) atoms. The summed E-state index contributed by atoms with van der Waals surface area (Å²) in [6.07, 6.45) is 0. The van der Waals surface area contributed by atoms with Crippen molar-refractivity contribution in [3.8, 4) is 28.4 Å². The Bertz CT molecular complexity index is 1190. The zero-order valence-electron chi connectivity index (χ0n) is 15.4. The van der Waals surface area contributed by atoms with Gasteiger partial charge in [-0.15, -0.1) is 0 Å². The molecule has 3 aromatic carbocycles. The number of carbonyl (C=O) groups excluding carboxylic acids is 1. The monoisotopic (exact) mass is 408 g/mol. The first-order valence-corrected chi connectivity index (χ1v) is 9.54. The van der Waals surface area contributed by atoms with Crippen molar-refractivity contribution >= 4 is 27.6 Å². The summed E-state index contributed by atoms with van der Waals surface area (Å²) < 4.78 is 22.0. The number of hydrogen-bond donors (Lipinski definition) is 0. The Balaban J connectivity index is 1.61. The third-order valence-corrected chi connectivity index (χ3v) is 4.91. The van der Waals surface area contributed by atoms with Gasteiger partial charge in [-0.05, 0) is 35.9 Å². The van der Waals surface area contributed by atoms with E-state index in [1.807, 2.05) is 30.3 Å². The molecule has 1 aromatic heterocycles. The molecule has 0 atom stereocenters. The van der Waals surface area contributed by atoms with Crippen molar-refractivity contribution in [3.63, 3.8) is 0 Å². The van der Waals surface area contributed by atoms with Crippen LogP contribution in [0.4, 0.5) is 0 Å². The van der Waals surface area contributed by atoms with E-state index in [1.54, 1.807) is 43.5 Å². The Morgan fingerprint density at radius 2 is 1.72 bits per heavy atom. The highest BCUT2D eigenvalue weighted by atomic mass is 32.1. The first-order valence-electron chi connectivity index (χ1n) is 8.73. The van der Waals surface area contributed by atoms with Gasteiger partial charge in [0.15, 0.2) is 12.2 Å². The summed E-state index contributed by atoms with van der Waals surface area (Å²) in [5.41, 5.74) is 1.90. The molecule has 0 saturated carbocycles. The van der Waals surface area contributed by atoms with Crippen molar-refractivity contribution in [3.05, 3.63) is 76.5 Å². The zero-order chi connectivity index (χ0) is 20.2. The summed E-state index contributed by atoms with van der Waals surface area (Å²) in [6.45, 7) is -0.235. The van der Waals surface area contributed by atoms with Crippen LogP contribution in [0.3, 0.4) is 0 Å². The van der Waals surface area contributed by atoms with Crippen LogP contribution in [0.15, 0.2) is 75.9 Å². The topological polar surface area (TPSA) is 75.0 Å². The lowest BCUT2D eigenvalue weighted by Gasteiger charge is -2.09. The molecule has 4 rings (SSSR count). The van der Waals surface area contributed by atoms with Crippen LogP contribution in [-0.4, -0.2) is 19.7 Å². The molecule has 0 saturated heterocycles. The number of fused-ring (bicyclic) bond motifs is 1. The Morgan fingerprint density at radius 3 is 2.45 bits per heavy atom. The van der Waals surface area contributed by atoms with Gasteiger partial charge in [0.25, 0.3) is 0 Å². The molecular weight excluding hydrogens is 392 g/mol. The van der Waals surface area contributed by atoms with Crippen LogP contribution in [0, 0.1) is 0 Å². The summed E-state index contributed by atoms with van der Waals surface area (Å²) in [5, 5.41) is 0. The van der Waals surface area contributed by atoms with Crippen LogP contribution in [-0.2, 0) is 4.79 Å². The minimum absolute atomic E-state index is 0.235. The number of esters is 1. The van der Waals surface area contributed by atoms with Crippen LogP contribution in [0.1, 0.15) is 0 Å². The van der Waals surface area contributed by atoms with Gasteiger partial charge in [-0.1, -0.05) is 41.7 Å². The van der Waals surface area contributed by atoms with Crippen molar-refractivity contribution < 1.29 is 23.4 Å². The molecule has 7 heteroatoms. The molecule has 6 nitrogen and oxygen atoms in total. The van der Waals surface area contributed by atoms with Crippen molar-refractivity contribution in [1.29, 1.82) is 0 Å². The minimum Gasteiger partial charge on any atom is -0.497 e. The van der Waals surface area contributed by atoms with E-state index >= 15 is 0 Å². The smallest absolute Gasteiger partial charge is 0.396 e. The molecule has 0 spiro atoms. The second kappa shape index (κ2) is 8.20. The number of benzene rings is 3. The third kappa shape index (κ3) is 4.30. The molecule has 0 aliphatic rings. The Labute approximate surface area is 169 Å². The third-order valence-electron chi connectivity index (χ3n) is 4.14. The van der Waals surface area contributed by atoms with Crippen molar-refractivity contribution in [2.45, 2.75) is 0 Å². The van der Waals surface area contributed by atoms with E-state index in [9.17, 15) is 9.59 Å². The minimum atomic E-state index is -0.551. The van der Waals surface area contributed by atoms with Gasteiger partial charge in [0.2, 0.25) is 0 Å². The maximum Gasteiger partial charge on any atom is 0.396 e. The average molecular weight is 408 g/mol. The average Bonchev–Trinajstić information content (AvgIpc) is 3.12. The van der Waals surface area contributed by atoms with Gasteiger partial charge >= 0.3 is 10.9 Å². The first-order chi connectivity index (χ1) is 14.1. The first kappa shape index (κ1) is 18.8. The van der Waals surface area contributed by atoms with Crippen LogP contribution in [0.2, 0.25) is 0 Å². The van der Waals surface area contributed by atoms with Gasteiger partial charge in [0.1, 0.15) is 17.2 Å². The highest BCUT2D eigenvalue weighted by Crippen LogP contribution is 2.35. The molecule has 146 valence electrons.